The summed E-state index contributed by atoms with van der Waals surface area (Å²) in [5, 5.41) is 10.0. The number of hydrogen-bond acceptors (Lipinski definition) is 3. The van der Waals surface area contributed by atoms with Crippen molar-refractivity contribution in [2.75, 3.05) is 0 Å². The molecule has 0 radical (unpaired) electrons. The molecule has 0 aliphatic carbocycles. The predicted molar refractivity (Wildman–Crippen MR) is 46.5 cm³/mol. The Hall–Kier alpha value is -0.0600. The molecule has 5 heteroatoms. The number of carboxylic acids is 1. The first-order chi connectivity index (χ1) is 6.13. The second kappa shape index (κ2) is 11.0. The Balaban J connectivity index is 0. The second-order valence-electron chi connectivity index (χ2n) is 3.11. The molecule has 14 heavy (non-hydrogen) atoms. The van der Waals surface area contributed by atoms with Crippen molar-refractivity contribution in [2.24, 2.45) is 5.73 Å². The van der Waals surface area contributed by atoms with E-state index in [0.717, 1.165) is 25.7 Å². The number of amides is 1. The van der Waals surface area contributed by atoms with Crippen molar-refractivity contribution in [3.63, 3.8) is 0 Å². The number of unbranched alkanes of at least 4 members (excludes halogenated alkanes) is 4. The van der Waals surface area contributed by atoms with Gasteiger partial charge < -0.3 is 15.6 Å². The number of hydrogen-bond donors (Lipinski definition) is 1. The number of carbonyl (C=O) groups is 2. The molecule has 0 saturated carbocycles. The molecule has 0 bridgehead atoms. The largest absolute Gasteiger partial charge is 1.00 e. The van der Waals surface area contributed by atoms with Gasteiger partial charge in [0, 0.05) is 12.4 Å². The van der Waals surface area contributed by atoms with Gasteiger partial charge in [0.2, 0.25) is 5.91 Å². The van der Waals surface area contributed by atoms with Crippen LogP contribution in [0.25, 0.3) is 0 Å². The number of rotatable bonds is 8. The summed E-state index contributed by atoms with van der Waals surface area (Å²) in [6.45, 7) is 0. The van der Waals surface area contributed by atoms with E-state index < -0.39 is 5.97 Å². The molecule has 0 aliphatic rings. The molecular weight excluding hydrogens is 193 g/mol. The molecule has 0 heterocycles. The SMILES string of the molecule is NC(=O)CCCCCCCC(=O)[O-].[Na+]. The van der Waals surface area contributed by atoms with E-state index in [2.05, 4.69) is 0 Å². The minimum Gasteiger partial charge on any atom is -0.550 e. The van der Waals surface area contributed by atoms with Gasteiger partial charge in [-0.25, -0.2) is 0 Å². The summed E-state index contributed by atoms with van der Waals surface area (Å²) in [4.78, 5) is 20.3. The molecule has 0 aliphatic heterocycles. The van der Waals surface area contributed by atoms with Gasteiger partial charge in [-0.05, 0) is 19.3 Å². The average Bonchev–Trinajstić information content (AvgIpc) is 2.01. The summed E-state index contributed by atoms with van der Waals surface area (Å²) in [6.07, 6.45) is 4.82. The molecule has 2 N–H and O–H groups in total. The van der Waals surface area contributed by atoms with Crippen molar-refractivity contribution in [1.29, 1.82) is 0 Å². The quantitative estimate of drug-likeness (QED) is 0.340. The fraction of sp³-hybridized carbons (Fsp3) is 0.778. The smallest absolute Gasteiger partial charge is 0.550 e. The van der Waals surface area contributed by atoms with E-state index in [1.165, 1.54) is 0 Å². The topological polar surface area (TPSA) is 83.2 Å². The van der Waals surface area contributed by atoms with Crippen LogP contribution < -0.4 is 40.4 Å². The number of aliphatic carboxylic acids is 1. The number of carboxylic acid groups (broad SMARTS) is 1. The van der Waals surface area contributed by atoms with Crippen LogP contribution in [0, 0.1) is 0 Å². The third kappa shape index (κ3) is 14.5. The monoisotopic (exact) mass is 209 g/mol. The first-order valence-corrected chi connectivity index (χ1v) is 4.61. The Labute approximate surface area is 107 Å². The second-order valence-corrected chi connectivity index (χ2v) is 3.11. The molecule has 0 saturated heterocycles. The third-order valence-corrected chi connectivity index (χ3v) is 1.80. The summed E-state index contributed by atoms with van der Waals surface area (Å²) in [6, 6.07) is 0. The molecular formula is C9H16NNaO3. The van der Waals surface area contributed by atoms with Gasteiger partial charge in [0.1, 0.15) is 0 Å². The van der Waals surface area contributed by atoms with Gasteiger partial charge in [-0.1, -0.05) is 19.3 Å². The van der Waals surface area contributed by atoms with Crippen LogP contribution >= 0.6 is 0 Å². The summed E-state index contributed by atoms with van der Waals surface area (Å²) in [5.41, 5.74) is 4.95. The summed E-state index contributed by atoms with van der Waals surface area (Å²) in [5.74, 6) is -1.26. The van der Waals surface area contributed by atoms with Crippen molar-refractivity contribution in [3.8, 4) is 0 Å². The zero-order valence-corrected chi connectivity index (χ0v) is 10.8. The maximum absolute atomic E-state index is 10.3. The van der Waals surface area contributed by atoms with Crippen LogP contribution in [0.5, 0.6) is 0 Å². The van der Waals surface area contributed by atoms with Crippen molar-refractivity contribution in [3.05, 3.63) is 0 Å². The Kier molecular flexibility index (Phi) is 12.9. The van der Waals surface area contributed by atoms with Crippen LogP contribution in [0.1, 0.15) is 44.9 Å². The van der Waals surface area contributed by atoms with Crippen molar-refractivity contribution < 1.29 is 44.3 Å². The molecule has 0 aromatic heterocycles. The standard InChI is InChI=1S/C9H17NO3.Na/c10-8(11)6-4-2-1-3-5-7-9(12)13;/h1-7H2,(H2,10,11)(H,12,13);/q;+1/p-1. The molecule has 1 amide bonds. The van der Waals surface area contributed by atoms with E-state index in [9.17, 15) is 14.7 Å². The Morgan fingerprint density at radius 1 is 0.929 bits per heavy atom. The summed E-state index contributed by atoms with van der Waals surface area (Å²) >= 11 is 0. The normalized spacial score (nSPS) is 9.14. The van der Waals surface area contributed by atoms with Gasteiger partial charge >= 0.3 is 29.6 Å². The molecule has 0 aromatic carbocycles. The van der Waals surface area contributed by atoms with Crippen LogP contribution in [0.4, 0.5) is 0 Å². The predicted octanol–water partition coefficient (Wildman–Crippen LogP) is -3.04. The van der Waals surface area contributed by atoms with Gasteiger partial charge in [-0.15, -0.1) is 0 Å². The zero-order chi connectivity index (χ0) is 10.1. The van der Waals surface area contributed by atoms with E-state index >= 15 is 0 Å². The number of nitrogens with two attached hydrogens (primary N) is 1. The first-order valence-electron chi connectivity index (χ1n) is 4.61. The Bertz CT molecular complexity index is 155. The van der Waals surface area contributed by atoms with Crippen LogP contribution in [-0.2, 0) is 9.59 Å². The number of carbonyl (C=O) groups excluding carboxylic acids is 2. The van der Waals surface area contributed by atoms with Crippen LogP contribution in [0.3, 0.4) is 0 Å². The Morgan fingerprint density at radius 2 is 1.36 bits per heavy atom. The van der Waals surface area contributed by atoms with E-state index in [0.29, 0.717) is 12.8 Å². The van der Waals surface area contributed by atoms with Crippen molar-refractivity contribution >= 4 is 11.9 Å². The minimum atomic E-state index is -0.989. The molecule has 0 unspecified atom stereocenters. The fourth-order valence-corrected chi connectivity index (χ4v) is 1.10. The molecule has 0 rings (SSSR count). The van der Waals surface area contributed by atoms with Gasteiger partial charge in [-0.2, -0.15) is 0 Å². The average molecular weight is 209 g/mol. The van der Waals surface area contributed by atoms with Crippen LogP contribution in [0.15, 0.2) is 0 Å². The summed E-state index contributed by atoms with van der Waals surface area (Å²) in [7, 11) is 0. The molecule has 0 fully saturated rings. The van der Waals surface area contributed by atoms with Crippen molar-refractivity contribution in [2.45, 2.75) is 44.9 Å². The van der Waals surface area contributed by atoms with E-state index in [-0.39, 0.29) is 41.9 Å². The molecule has 0 atom stereocenters. The van der Waals surface area contributed by atoms with Gasteiger partial charge in [0.25, 0.3) is 0 Å². The molecule has 0 spiro atoms. The summed E-state index contributed by atoms with van der Waals surface area (Å²) < 4.78 is 0. The van der Waals surface area contributed by atoms with E-state index in [1.54, 1.807) is 0 Å². The van der Waals surface area contributed by atoms with Crippen LogP contribution in [-0.4, -0.2) is 11.9 Å². The van der Waals surface area contributed by atoms with Crippen molar-refractivity contribution in [1.82, 2.24) is 0 Å². The number of primary amides is 1. The third-order valence-electron chi connectivity index (χ3n) is 1.80. The van der Waals surface area contributed by atoms with E-state index in [1.807, 2.05) is 0 Å². The van der Waals surface area contributed by atoms with Gasteiger partial charge in [-0.3, -0.25) is 4.79 Å². The first kappa shape index (κ1) is 16.4. The molecule has 0 aromatic rings. The van der Waals surface area contributed by atoms with E-state index in [4.69, 9.17) is 5.73 Å². The van der Waals surface area contributed by atoms with Gasteiger partial charge in [0.05, 0.1) is 0 Å². The maximum atomic E-state index is 10.3. The van der Waals surface area contributed by atoms with Crippen LogP contribution in [0.2, 0.25) is 0 Å². The Morgan fingerprint density at radius 3 is 1.79 bits per heavy atom. The van der Waals surface area contributed by atoms with Gasteiger partial charge in [0.15, 0.2) is 0 Å². The fourth-order valence-electron chi connectivity index (χ4n) is 1.10. The maximum Gasteiger partial charge on any atom is 1.00 e. The molecule has 76 valence electrons. The molecule has 4 nitrogen and oxygen atoms in total. The minimum absolute atomic E-state index is 0. The zero-order valence-electron chi connectivity index (χ0n) is 8.75.